The summed E-state index contributed by atoms with van der Waals surface area (Å²) in [5.41, 5.74) is 3.53. The van der Waals surface area contributed by atoms with Crippen LogP contribution in [-0.2, 0) is 28.9 Å². The highest BCUT2D eigenvalue weighted by Crippen LogP contribution is 2.34. The van der Waals surface area contributed by atoms with Gasteiger partial charge in [0.15, 0.2) is 0 Å². The smallest absolute Gasteiger partial charge is 0.320 e. The Morgan fingerprint density at radius 2 is 2.10 bits per heavy atom. The molecule has 1 aliphatic heterocycles. The van der Waals surface area contributed by atoms with Crippen LogP contribution in [0.15, 0.2) is 36.7 Å². The zero-order valence-corrected chi connectivity index (χ0v) is 17.9. The van der Waals surface area contributed by atoms with E-state index in [4.69, 9.17) is 9.72 Å². The van der Waals surface area contributed by atoms with E-state index in [-0.39, 0.29) is 6.10 Å². The number of ether oxygens (including phenoxy) is 1. The second-order valence-corrected chi connectivity index (χ2v) is 8.63. The maximum absolute atomic E-state index is 11.5. The lowest BCUT2D eigenvalue weighted by Gasteiger charge is -2.35. The van der Waals surface area contributed by atoms with Gasteiger partial charge in [0.25, 0.3) is 0 Å². The van der Waals surface area contributed by atoms with Crippen LogP contribution in [0.2, 0.25) is 0 Å². The van der Waals surface area contributed by atoms with Gasteiger partial charge in [-0.2, -0.15) is 0 Å². The summed E-state index contributed by atoms with van der Waals surface area (Å²) in [5, 5.41) is 15.9. The number of pyridine rings is 2. The van der Waals surface area contributed by atoms with E-state index in [9.17, 15) is 9.90 Å². The molecule has 0 amide bonds. The zero-order valence-electron chi connectivity index (χ0n) is 17.9. The summed E-state index contributed by atoms with van der Waals surface area (Å²) in [7, 11) is 0. The molecule has 0 radical (unpaired) electrons. The second kappa shape index (κ2) is 10.7. The fourth-order valence-electron chi connectivity index (χ4n) is 4.31. The molecule has 7 nitrogen and oxygen atoms in total. The highest BCUT2D eigenvalue weighted by Gasteiger charge is 2.30. The summed E-state index contributed by atoms with van der Waals surface area (Å²) in [6, 6.07) is 7.55. The first kappa shape index (κ1) is 21.7. The monoisotopic (exact) mass is 424 g/mol. The van der Waals surface area contributed by atoms with Crippen molar-refractivity contribution >= 4 is 11.8 Å². The van der Waals surface area contributed by atoms with Gasteiger partial charge >= 0.3 is 5.97 Å². The van der Waals surface area contributed by atoms with Crippen LogP contribution >= 0.6 is 0 Å². The summed E-state index contributed by atoms with van der Waals surface area (Å²) < 4.78 is 5.93. The lowest BCUT2D eigenvalue weighted by atomic mass is 9.79. The third-order valence-electron chi connectivity index (χ3n) is 6.31. The number of carboxylic acids is 1. The van der Waals surface area contributed by atoms with Crippen molar-refractivity contribution in [3.05, 3.63) is 53.5 Å². The Morgan fingerprint density at radius 3 is 2.90 bits per heavy atom. The average Bonchev–Trinajstić information content (AvgIpc) is 2.77. The Hall–Kier alpha value is -2.51. The molecule has 166 valence electrons. The number of carboxylic acid groups (broad SMARTS) is 1. The summed E-state index contributed by atoms with van der Waals surface area (Å²) in [5.74, 6) is 0.913. The number of nitrogens with one attached hydrogen (secondary N) is 2. The molecule has 1 saturated carbocycles. The molecule has 1 atom stereocenters. The Labute approximate surface area is 183 Å². The Bertz CT molecular complexity index is 855. The van der Waals surface area contributed by atoms with Crippen LogP contribution in [0.4, 0.5) is 5.82 Å². The topological polar surface area (TPSA) is 96.4 Å². The summed E-state index contributed by atoms with van der Waals surface area (Å²) in [6.45, 7) is 2.00. The number of fused-ring (bicyclic) bond motifs is 1. The molecule has 1 fully saturated rings. The molecular formula is C24H32N4O3. The first-order valence-corrected chi connectivity index (χ1v) is 11.4. The van der Waals surface area contributed by atoms with Crippen LogP contribution in [0.25, 0.3) is 0 Å². The van der Waals surface area contributed by atoms with Crippen LogP contribution in [0, 0.1) is 5.92 Å². The van der Waals surface area contributed by atoms with Crippen molar-refractivity contribution in [3.8, 4) is 0 Å². The molecule has 1 aliphatic carbocycles. The number of anilines is 1. The number of hydrogen-bond donors (Lipinski definition) is 3. The molecule has 0 unspecified atom stereocenters. The standard InChI is InChI=1S/C24H32N4O3/c29-24(30)22(27-16-17-7-11-25-12-8-17)9-13-31-21-14-18(15-21)3-5-20-6-4-19-2-1-10-26-23(19)28-20/h4,6-8,11-12,18,21-22,27H,1-3,5,9-10,13-16H2,(H,26,28)(H,29,30)/t18-,21+,22-/m0/s1. The van der Waals surface area contributed by atoms with Crippen LogP contribution in [0.5, 0.6) is 0 Å². The van der Waals surface area contributed by atoms with E-state index in [1.807, 2.05) is 12.1 Å². The van der Waals surface area contributed by atoms with E-state index in [0.717, 1.165) is 50.0 Å². The van der Waals surface area contributed by atoms with Gasteiger partial charge < -0.3 is 20.5 Å². The predicted molar refractivity (Wildman–Crippen MR) is 119 cm³/mol. The highest BCUT2D eigenvalue weighted by atomic mass is 16.5. The first-order chi connectivity index (χ1) is 15.2. The van der Waals surface area contributed by atoms with Gasteiger partial charge in [-0.3, -0.25) is 9.78 Å². The minimum Gasteiger partial charge on any atom is -0.480 e. The molecule has 7 heteroatoms. The zero-order chi connectivity index (χ0) is 21.5. The van der Waals surface area contributed by atoms with Crippen LogP contribution in [-0.4, -0.2) is 46.3 Å². The van der Waals surface area contributed by atoms with E-state index < -0.39 is 12.0 Å². The van der Waals surface area contributed by atoms with E-state index in [1.54, 1.807) is 12.4 Å². The van der Waals surface area contributed by atoms with Crippen LogP contribution in [0.3, 0.4) is 0 Å². The second-order valence-electron chi connectivity index (χ2n) is 8.63. The number of hydrogen-bond acceptors (Lipinski definition) is 6. The fourth-order valence-corrected chi connectivity index (χ4v) is 4.31. The minimum atomic E-state index is -0.837. The Morgan fingerprint density at radius 1 is 1.26 bits per heavy atom. The van der Waals surface area contributed by atoms with Crippen molar-refractivity contribution in [1.29, 1.82) is 0 Å². The third kappa shape index (κ3) is 6.24. The van der Waals surface area contributed by atoms with Crippen LogP contribution in [0.1, 0.15) is 48.9 Å². The van der Waals surface area contributed by atoms with Crippen molar-refractivity contribution in [2.24, 2.45) is 5.92 Å². The summed E-state index contributed by atoms with van der Waals surface area (Å²) in [6.07, 6.45) is 10.7. The normalized spacial score (nSPS) is 20.9. The number of aromatic nitrogens is 2. The lowest BCUT2D eigenvalue weighted by molar-refractivity contribution is -0.140. The van der Waals surface area contributed by atoms with E-state index in [1.165, 1.54) is 17.7 Å². The fraction of sp³-hybridized carbons (Fsp3) is 0.542. The quantitative estimate of drug-likeness (QED) is 0.510. The maximum Gasteiger partial charge on any atom is 0.320 e. The molecule has 2 aliphatic rings. The Balaban J connectivity index is 1.11. The molecular weight excluding hydrogens is 392 g/mol. The van der Waals surface area contributed by atoms with Gasteiger partial charge in [0.2, 0.25) is 0 Å². The van der Waals surface area contributed by atoms with Crippen molar-refractivity contribution in [2.75, 3.05) is 18.5 Å². The van der Waals surface area contributed by atoms with Gasteiger partial charge in [-0.15, -0.1) is 0 Å². The van der Waals surface area contributed by atoms with Crippen molar-refractivity contribution < 1.29 is 14.6 Å². The molecule has 0 bridgehead atoms. The molecule has 3 N–H and O–H groups in total. The van der Waals surface area contributed by atoms with Gasteiger partial charge in [-0.05, 0) is 80.2 Å². The van der Waals surface area contributed by atoms with Gasteiger partial charge in [0.05, 0.1) is 6.10 Å². The van der Waals surface area contributed by atoms with E-state index in [2.05, 4.69) is 27.8 Å². The van der Waals surface area contributed by atoms with E-state index in [0.29, 0.717) is 25.5 Å². The van der Waals surface area contributed by atoms with E-state index >= 15 is 0 Å². The van der Waals surface area contributed by atoms with Crippen molar-refractivity contribution in [1.82, 2.24) is 15.3 Å². The summed E-state index contributed by atoms with van der Waals surface area (Å²) in [4.78, 5) is 20.3. The van der Waals surface area contributed by atoms with Crippen LogP contribution < -0.4 is 10.6 Å². The number of aliphatic carboxylic acids is 1. The van der Waals surface area contributed by atoms with Gasteiger partial charge in [0, 0.05) is 37.8 Å². The molecule has 4 rings (SSSR count). The van der Waals surface area contributed by atoms with Gasteiger partial charge in [-0.25, -0.2) is 4.98 Å². The molecule has 3 heterocycles. The molecule has 2 aromatic heterocycles. The van der Waals surface area contributed by atoms with Gasteiger partial charge in [0.1, 0.15) is 11.9 Å². The average molecular weight is 425 g/mol. The molecule has 0 spiro atoms. The largest absolute Gasteiger partial charge is 0.480 e. The van der Waals surface area contributed by atoms with Crippen molar-refractivity contribution in [3.63, 3.8) is 0 Å². The van der Waals surface area contributed by atoms with Gasteiger partial charge in [-0.1, -0.05) is 6.07 Å². The SMILES string of the molecule is O=C(O)[C@H](CCO[C@H]1C[C@@H](CCc2ccc3c(n2)NCCC3)C1)NCc1ccncc1. The number of aryl methyl sites for hydroxylation is 2. The third-order valence-corrected chi connectivity index (χ3v) is 6.31. The number of carbonyl (C=O) groups is 1. The molecule has 2 aromatic rings. The maximum atomic E-state index is 11.5. The minimum absolute atomic E-state index is 0.262. The first-order valence-electron chi connectivity index (χ1n) is 11.4. The molecule has 31 heavy (non-hydrogen) atoms. The predicted octanol–water partition coefficient (Wildman–Crippen LogP) is 3.20. The van der Waals surface area contributed by atoms with Crippen molar-refractivity contribution in [2.45, 2.75) is 63.6 Å². The number of nitrogens with zero attached hydrogens (tertiary/aromatic N) is 2. The highest BCUT2D eigenvalue weighted by molar-refractivity contribution is 5.73. The lowest BCUT2D eigenvalue weighted by Crippen LogP contribution is -2.38. The Kier molecular flexibility index (Phi) is 7.48. The summed E-state index contributed by atoms with van der Waals surface area (Å²) >= 11 is 0. The molecule has 0 saturated heterocycles. The molecule has 0 aromatic carbocycles. The number of rotatable bonds is 11.